The van der Waals surface area contributed by atoms with Crippen molar-refractivity contribution in [3.63, 3.8) is 0 Å². The number of rotatable bonds is 3. The lowest BCUT2D eigenvalue weighted by Gasteiger charge is -2.33. The minimum Gasteiger partial charge on any atom is -0.399 e. The van der Waals surface area contributed by atoms with Gasteiger partial charge in [-0.1, -0.05) is 18.5 Å². The lowest BCUT2D eigenvalue weighted by atomic mass is 9.83. The molecule has 0 bridgehead atoms. The zero-order valence-corrected chi connectivity index (χ0v) is 11.1. The van der Waals surface area contributed by atoms with Crippen molar-refractivity contribution in [3.8, 4) is 0 Å². The molecule has 17 heavy (non-hydrogen) atoms. The van der Waals surface area contributed by atoms with Crippen LogP contribution in [0.25, 0.3) is 0 Å². The highest BCUT2D eigenvalue weighted by Crippen LogP contribution is 2.29. The fraction of sp³-hybridized carbons (Fsp3) is 0.455. The van der Waals surface area contributed by atoms with Crippen molar-refractivity contribution in [1.29, 1.82) is 0 Å². The van der Waals surface area contributed by atoms with Crippen molar-refractivity contribution in [2.24, 2.45) is 5.92 Å². The van der Waals surface area contributed by atoms with Crippen molar-refractivity contribution in [3.05, 3.63) is 23.2 Å². The maximum absolute atomic E-state index is 12.1. The number of benzene rings is 1. The molecule has 1 aliphatic carbocycles. The molecule has 0 amide bonds. The van der Waals surface area contributed by atoms with Crippen LogP contribution in [0.4, 0.5) is 5.69 Å². The van der Waals surface area contributed by atoms with E-state index in [1.165, 1.54) is 12.1 Å². The first kappa shape index (κ1) is 12.7. The van der Waals surface area contributed by atoms with Gasteiger partial charge in [-0.05, 0) is 37.0 Å². The fourth-order valence-electron chi connectivity index (χ4n) is 2.01. The molecule has 0 heterocycles. The number of nitrogens with one attached hydrogen (secondary N) is 1. The Morgan fingerprint density at radius 2 is 2.06 bits per heavy atom. The van der Waals surface area contributed by atoms with Gasteiger partial charge in [0.15, 0.2) is 0 Å². The Morgan fingerprint density at radius 1 is 1.41 bits per heavy atom. The third-order valence-corrected chi connectivity index (χ3v) is 4.94. The molecule has 1 saturated carbocycles. The largest absolute Gasteiger partial charge is 0.399 e. The predicted octanol–water partition coefficient (Wildman–Crippen LogP) is 2.00. The molecule has 1 aromatic rings. The predicted molar refractivity (Wildman–Crippen MR) is 68.4 cm³/mol. The van der Waals surface area contributed by atoms with E-state index >= 15 is 0 Å². The summed E-state index contributed by atoms with van der Waals surface area (Å²) in [5.41, 5.74) is 5.96. The van der Waals surface area contributed by atoms with Crippen LogP contribution in [0.15, 0.2) is 23.1 Å². The number of hydrogen-bond donors (Lipinski definition) is 2. The molecule has 6 heteroatoms. The Bertz CT molecular complexity index is 524. The van der Waals surface area contributed by atoms with Gasteiger partial charge in [-0.25, -0.2) is 13.1 Å². The molecule has 0 spiro atoms. The summed E-state index contributed by atoms with van der Waals surface area (Å²) in [7, 11) is -3.56. The van der Waals surface area contributed by atoms with Gasteiger partial charge in [-0.2, -0.15) is 0 Å². The molecule has 3 N–H and O–H groups in total. The molecule has 1 aliphatic rings. The molecule has 0 atom stereocenters. The molecular formula is C11H15ClN2O2S. The highest BCUT2D eigenvalue weighted by molar-refractivity contribution is 7.89. The van der Waals surface area contributed by atoms with E-state index in [-0.39, 0.29) is 16.0 Å². The SMILES string of the molecule is CC1CC(NS(=O)(=O)c2cc(N)ccc2Cl)C1. The van der Waals surface area contributed by atoms with Crippen LogP contribution in [0.2, 0.25) is 5.02 Å². The molecule has 0 aromatic heterocycles. The van der Waals surface area contributed by atoms with Crippen LogP contribution in [0.5, 0.6) is 0 Å². The van der Waals surface area contributed by atoms with E-state index < -0.39 is 10.0 Å². The van der Waals surface area contributed by atoms with Crippen molar-refractivity contribution in [2.45, 2.75) is 30.7 Å². The smallest absolute Gasteiger partial charge is 0.242 e. The number of nitrogens with two attached hydrogens (primary N) is 1. The van der Waals surface area contributed by atoms with E-state index in [2.05, 4.69) is 11.6 Å². The standard InChI is InChI=1S/C11H15ClN2O2S/c1-7-4-9(5-7)14-17(15,16)11-6-8(13)2-3-10(11)12/h2-3,6-7,9,14H,4-5,13H2,1H3. The topological polar surface area (TPSA) is 72.2 Å². The van der Waals surface area contributed by atoms with Gasteiger partial charge in [0, 0.05) is 11.7 Å². The van der Waals surface area contributed by atoms with Crippen molar-refractivity contribution in [2.75, 3.05) is 5.73 Å². The molecule has 1 fully saturated rings. The Morgan fingerprint density at radius 3 is 2.65 bits per heavy atom. The summed E-state index contributed by atoms with van der Waals surface area (Å²) in [5, 5.41) is 0.194. The van der Waals surface area contributed by atoms with Gasteiger partial charge in [-0.3, -0.25) is 0 Å². The molecule has 0 aliphatic heterocycles. The van der Waals surface area contributed by atoms with E-state index in [0.29, 0.717) is 11.6 Å². The molecule has 0 radical (unpaired) electrons. The van der Waals surface area contributed by atoms with Gasteiger partial charge < -0.3 is 5.73 Å². The maximum atomic E-state index is 12.1. The van der Waals surface area contributed by atoms with Gasteiger partial charge in [-0.15, -0.1) is 0 Å². The number of hydrogen-bond acceptors (Lipinski definition) is 3. The van der Waals surface area contributed by atoms with Crippen LogP contribution in [-0.4, -0.2) is 14.5 Å². The summed E-state index contributed by atoms with van der Waals surface area (Å²) in [4.78, 5) is 0.0544. The summed E-state index contributed by atoms with van der Waals surface area (Å²) >= 11 is 5.88. The Labute approximate surface area is 106 Å². The quantitative estimate of drug-likeness (QED) is 0.828. The molecule has 4 nitrogen and oxygen atoms in total. The molecule has 0 unspecified atom stereocenters. The van der Waals surface area contributed by atoms with E-state index in [4.69, 9.17) is 17.3 Å². The lowest BCUT2D eigenvalue weighted by Crippen LogP contribution is -2.43. The van der Waals surface area contributed by atoms with Crippen LogP contribution in [-0.2, 0) is 10.0 Å². The first-order chi connectivity index (χ1) is 7.88. The number of sulfonamides is 1. The average molecular weight is 275 g/mol. The zero-order chi connectivity index (χ0) is 12.6. The number of nitrogen functional groups attached to an aromatic ring is 1. The van der Waals surface area contributed by atoms with Crippen molar-refractivity contribution >= 4 is 27.3 Å². The molecule has 94 valence electrons. The monoisotopic (exact) mass is 274 g/mol. The van der Waals surface area contributed by atoms with Crippen LogP contribution in [0, 0.1) is 5.92 Å². The van der Waals surface area contributed by atoms with Crippen LogP contribution >= 0.6 is 11.6 Å². The van der Waals surface area contributed by atoms with Crippen molar-refractivity contribution < 1.29 is 8.42 Å². The summed E-state index contributed by atoms with van der Waals surface area (Å²) in [6, 6.07) is 4.47. The number of anilines is 1. The third-order valence-electron chi connectivity index (χ3n) is 2.94. The minimum atomic E-state index is -3.56. The van der Waals surface area contributed by atoms with E-state index in [1.54, 1.807) is 6.07 Å². The summed E-state index contributed by atoms with van der Waals surface area (Å²) in [6.45, 7) is 2.10. The second kappa shape index (κ2) is 4.48. The molecule has 2 rings (SSSR count). The van der Waals surface area contributed by atoms with Crippen molar-refractivity contribution in [1.82, 2.24) is 4.72 Å². The highest BCUT2D eigenvalue weighted by atomic mass is 35.5. The van der Waals surface area contributed by atoms with E-state index in [0.717, 1.165) is 12.8 Å². The molecular weight excluding hydrogens is 260 g/mol. The van der Waals surface area contributed by atoms with Gasteiger partial charge >= 0.3 is 0 Å². The second-order valence-electron chi connectivity index (χ2n) is 4.58. The Kier molecular flexibility index (Phi) is 3.34. The van der Waals surface area contributed by atoms with Crippen LogP contribution in [0.1, 0.15) is 19.8 Å². The lowest BCUT2D eigenvalue weighted by molar-refractivity contribution is 0.270. The van der Waals surface area contributed by atoms with Gasteiger partial charge in [0.1, 0.15) is 4.90 Å². The van der Waals surface area contributed by atoms with Crippen LogP contribution in [0.3, 0.4) is 0 Å². The summed E-state index contributed by atoms with van der Waals surface area (Å²) in [6.07, 6.45) is 1.75. The summed E-state index contributed by atoms with van der Waals surface area (Å²) < 4.78 is 26.8. The van der Waals surface area contributed by atoms with Gasteiger partial charge in [0.25, 0.3) is 0 Å². The number of halogens is 1. The normalized spacial score (nSPS) is 24.4. The molecule has 1 aromatic carbocycles. The first-order valence-electron chi connectivity index (χ1n) is 5.46. The zero-order valence-electron chi connectivity index (χ0n) is 9.48. The Balaban J connectivity index is 2.22. The fourth-order valence-corrected chi connectivity index (χ4v) is 3.80. The maximum Gasteiger partial charge on any atom is 0.242 e. The van der Waals surface area contributed by atoms with E-state index in [1.807, 2.05) is 0 Å². The van der Waals surface area contributed by atoms with Gasteiger partial charge in [0.05, 0.1) is 5.02 Å². The third kappa shape index (κ3) is 2.73. The second-order valence-corrected chi connectivity index (χ2v) is 6.67. The summed E-state index contributed by atoms with van der Waals surface area (Å²) in [5.74, 6) is 0.582. The first-order valence-corrected chi connectivity index (χ1v) is 7.32. The van der Waals surface area contributed by atoms with Crippen LogP contribution < -0.4 is 10.5 Å². The van der Waals surface area contributed by atoms with Gasteiger partial charge in [0.2, 0.25) is 10.0 Å². The Hall–Kier alpha value is -0.780. The van der Waals surface area contributed by atoms with E-state index in [9.17, 15) is 8.42 Å². The minimum absolute atomic E-state index is 0.0208. The average Bonchev–Trinajstić information content (AvgIpc) is 2.19. The molecule has 0 saturated heterocycles. The highest BCUT2D eigenvalue weighted by Gasteiger charge is 2.30.